The Kier molecular flexibility index (Phi) is 11.4. The summed E-state index contributed by atoms with van der Waals surface area (Å²) in [5.41, 5.74) is 1.66. The van der Waals surface area contributed by atoms with Crippen LogP contribution in [0.2, 0.25) is 5.02 Å². The zero-order valence-electron chi connectivity index (χ0n) is 24.8. The van der Waals surface area contributed by atoms with E-state index in [1.54, 1.807) is 45.0 Å². The van der Waals surface area contributed by atoms with Gasteiger partial charge in [-0.15, -0.1) is 0 Å². The molecular formula is C33H40ClN3O5. The molecule has 0 fully saturated rings. The molecule has 42 heavy (non-hydrogen) atoms. The summed E-state index contributed by atoms with van der Waals surface area (Å²) in [6.45, 7) is 9.27. The van der Waals surface area contributed by atoms with Gasteiger partial charge < -0.3 is 25.4 Å². The molecule has 0 saturated carbocycles. The van der Waals surface area contributed by atoms with Gasteiger partial charge in [0.1, 0.15) is 23.4 Å². The van der Waals surface area contributed by atoms with Crippen molar-refractivity contribution in [1.29, 1.82) is 0 Å². The predicted molar refractivity (Wildman–Crippen MR) is 166 cm³/mol. The number of para-hydroxylation sites is 1. The average Bonchev–Trinajstić information content (AvgIpc) is 2.92. The van der Waals surface area contributed by atoms with Gasteiger partial charge in [-0.1, -0.05) is 79.5 Å². The summed E-state index contributed by atoms with van der Waals surface area (Å²) in [5.74, 6) is -1.01. The third-order valence-electron chi connectivity index (χ3n) is 6.52. The van der Waals surface area contributed by atoms with Crippen molar-refractivity contribution in [1.82, 2.24) is 10.2 Å². The molecule has 2 atom stereocenters. The Hall–Kier alpha value is -4.04. The highest BCUT2D eigenvalue weighted by Gasteiger charge is 2.36. The van der Waals surface area contributed by atoms with E-state index in [4.69, 9.17) is 16.3 Å². The lowest BCUT2D eigenvalue weighted by Crippen LogP contribution is -2.53. The van der Waals surface area contributed by atoms with Crippen LogP contribution in [0.3, 0.4) is 0 Å². The van der Waals surface area contributed by atoms with Gasteiger partial charge in [-0.05, 0) is 69.0 Å². The summed E-state index contributed by atoms with van der Waals surface area (Å²) in [4.78, 5) is 42.9. The molecule has 8 nitrogen and oxygen atoms in total. The van der Waals surface area contributed by atoms with Crippen molar-refractivity contribution in [3.63, 3.8) is 0 Å². The topological polar surface area (TPSA) is 108 Å². The first-order chi connectivity index (χ1) is 19.9. The Bertz CT molecular complexity index is 1350. The van der Waals surface area contributed by atoms with Gasteiger partial charge >= 0.3 is 6.09 Å². The van der Waals surface area contributed by atoms with Gasteiger partial charge in [0.2, 0.25) is 5.91 Å². The van der Waals surface area contributed by atoms with Crippen molar-refractivity contribution in [2.45, 2.75) is 71.6 Å². The third-order valence-corrected chi connectivity index (χ3v) is 6.84. The minimum absolute atomic E-state index is 0.0465. The number of anilines is 1. The summed E-state index contributed by atoms with van der Waals surface area (Å²) < 4.78 is 5.48. The maximum Gasteiger partial charge on any atom is 0.408 e. The number of carbonyl (C=O) groups excluding carboxylic acids is 3. The summed E-state index contributed by atoms with van der Waals surface area (Å²) in [6, 6.07) is 18.7. The van der Waals surface area contributed by atoms with Crippen LogP contribution in [-0.2, 0) is 20.7 Å². The van der Waals surface area contributed by atoms with Gasteiger partial charge in [-0.3, -0.25) is 9.59 Å². The maximum atomic E-state index is 14.4. The van der Waals surface area contributed by atoms with E-state index in [-0.39, 0.29) is 18.7 Å². The summed E-state index contributed by atoms with van der Waals surface area (Å²) in [7, 11) is 0. The summed E-state index contributed by atoms with van der Waals surface area (Å²) in [5, 5.41) is 16.3. The quantitative estimate of drug-likeness (QED) is 0.227. The highest BCUT2D eigenvalue weighted by molar-refractivity contribution is 6.34. The largest absolute Gasteiger partial charge is 0.508 e. The molecule has 0 aliphatic carbocycles. The zero-order valence-corrected chi connectivity index (χ0v) is 25.6. The molecule has 3 N–H and O–H groups in total. The molecule has 0 bridgehead atoms. The Morgan fingerprint density at radius 1 is 1.00 bits per heavy atom. The van der Waals surface area contributed by atoms with Crippen LogP contribution in [0.5, 0.6) is 5.75 Å². The predicted octanol–water partition coefficient (Wildman–Crippen LogP) is 6.80. The number of aromatic hydroxyl groups is 1. The number of halogens is 1. The second-order valence-electron chi connectivity index (χ2n) is 11.2. The van der Waals surface area contributed by atoms with E-state index >= 15 is 0 Å². The number of hydrogen-bond acceptors (Lipinski definition) is 5. The Morgan fingerprint density at radius 2 is 1.69 bits per heavy atom. The van der Waals surface area contributed by atoms with Gasteiger partial charge in [-0.2, -0.15) is 0 Å². The van der Waals surface area contributed by atoms with E-state index in [0.29, 0.717) is 22.7 Å². The molecule has 0 aromatic heterocycles. The molecule has 3 amide bonds. The number of benzene rings is 3. The monoisotopic (exact) mass is 593 g/mol. The fourth-order valence-corrected chi connectivity index (χ4v) is 4.81. The Labute approximate surface area is 253 Å². The van der Waals surface area contributed by atoms with E-state index < -0.39 is 35.6 Å². The van der Waals surface area contributed by atoms with Gasteiger partial charge in [-0.25, -0.2) is 4.79 Å². The number of amides is 3. The van der Waals surface area contributed by atoms with Crippen LogP contribution in [0.4, 0.5) is 10.5 Å². The molecule has 224 valence electrons. The number of nitrogens with one attached hydrogen (secondary N) is 2. The number of rotatable bonds is 11. The van der Waals surface area contributed by atoms with Crippen LogP contribution in [0.25, 0.3) is 0 Å². The first-order valence-electron chi connectivity index (χ1n) is 14.1. The van der Waals surface area contributed by atoms with Crippen molar-refractivity contribution in [2.75, 3.05) is 11.9 Å². The van der Waals surface area contributed by atoms with Crippen LogP contribution in [0.15, 0.2) is 72.8 Å². The van der Waals surface area contributed by atoms with Crippen molar-refractivity contribution < 1.29 is 24.2 Å². The number of carbonyl (C=O) groups is 3. The van der Waals surface area contributed by atoms with E-state index in [2.05, 4.69) is 10.6 Å². The van der Waals surface area contributed by atoms with E-state index in [1.807, 2.05) is 50.2 Å². The average molecular weight is 594 g/mol. The molecule has 9 heteroatoms. The van der Waals surface area contributed by atoms with Crippen LogP contribution in [0, 0.1) is 6.92 Å². The van der Waals surface area contributed by atoms with E-state index in [9.17, 15) is 19.5 Å². The minimum atomic E-state index is -1.13. The second-order valence-corrected chi connectivity index (χ2v) is 11.6. The van der Waals surface area contributed by atoms with Crippen molar-refractivity contribution >= 4 is 35.2 Å². The molecule has 3 rings (SSSR count). The lowest BCUT2D eigenvalue weighted by Gasteiger charge is -2.35. The van der Waals surface area contributed by atoms with Crippen LogP contribution >= 0.6 is 11.6 Å². The molecule has 0 aliphatic heterocycles. The minimum Gasteiger partial charge on any atom is -0.508 e. The van der Waals surface area contributed by atoms with Gasteiger partial charge in [0.05, 0.1) is 10.7 Å². The lowest BCUT2D eigenvalue weighted by atomic mass is 9.99. The van der Waals surface area contributed by atoms with Crippen LogP contribution < -0.4 is 10.6 Å². The Morgan fingerprint density at radius 3 is 2.31 bits per heavy atom. The first-order valence-corrected chi connectivity index (χ1v) is 14.5. The molecule has 3 aromatic rings. The van der Waals surface area contributed by atoms with Crippen molar-refractivity contribution in [2.24, 2.45) is 0 Å². The number of unbranched alkanes of at least 4 members (excludes halogenated alkanes) is 1. The van der Waals surface area contributed by atoms with E-state index in [0.717, 1.165) is 17.5 Å². The van der Waals surface area contributed by atoms with Gasteiger partial charge in [0, 0.05) is 13.0 Å². The highest BCUT2D eigenvalue weighted by Crippen LogP contribution is 2.31. The van der Waals surface area contributed by atoms with Crippen LogP contribution in [-0.4, -0.2) is 46.1 Å². The van der Waals surface area contributed by atoms with Crippen molar-refractivity contribution in [3.05, 3.63) is 94.5 Å². The number of ether oxygens (including phenoxy) is 1. The number of nitrogens with zero attached hydrogens (tertiary/aromatic N) is 1. The Balaban J connectivity index is 2.08. The zero-order chi connectivity index (χ0) is 30.9. The molecule has 2 unspecified atom stereocenters. The molecule has 0 aliphatic rings. The number of hydrogen-bond donors (Lipinski definition) is 3. The fourth-order valence-electron chi connectivity index (χ4n) is 4.54. The highest BCUT2D eigenvalue weighted by atomic mass is 35.5. The lowest BCUT2D eigenvalue weighted by molar-refractivity contribution is -0.140. The van der Waals surface area contributed by atoms with Crippen molar-refractivity contribution in [3.8, 4) is 5.75 Å². The van der Waals surface area contributed by atoms with Gasteiger partial charge in [0.15, 0.2) is 0 Å². The molecular weight excluding hydrogens is 554 g/mol. The van der Waals surface area contributed by atoms with Crippen LogP contribution in [0.1, 0.15) is 63.3 Å². The molecule has 0 heterocycles. The molecule has 3 aromatic carbocycles. The molecule has 0 saturated heterocycles. The fraction of sp³-hybridized carbons (Fsp3) is 0.364. The molecule has 0 radical (unpaired) electrons. The second kappa shape index (κ2) is 14.7. The normalized spacial score (nSPS) is 12.6. The molecule has 0 spiro atoms. The standard InChI is InChI=1S/C33H40ClN3O5/c1-6-7-19-37(31(40)27(20-23-14-9-8-10-15-23)35-32(41)42-33(3,4)5)29(24-16-12-17-25(38)21-24)30(39)36-28-22(2)13-11-18-26(28)34/h8-18,21,27,29,38H,6-7,19-20H2,1-5H3,(H,35,41)(H,36,39). The van der Waals surface area contributed by atoms with Gasteiger partial charge in [0.25, 0.3) is 5.91 Å². The smallest absolute Gasteiger partial charge is 0.408 e. The summed E-state index contributed by atoms with van der Waals surface area (Å²) >= 11 is 6.43. The maximum absolute atomic E-state index is 14.4. The number of alkyl carbamates (subject to hydrolysis) is 1. The number of phenolic OH excluding ortho intramolecular Hbond substituents is 1. The van der Waals surface area contributed by atoms with E-state index in [1.165, 1.54) is 17.0 Å². The first kappa shape index (κ1) is 32.5. The SMILES string of the molecule is CCCCN(C(=O)C(Cc1ccccc1)NC(=O)OC(C)(C)C)C(C(=O)Nc1c(C)cccc1Cl)c1cccc(O)c1. The number of aryl methyl sites for hydroxylation is 1. The third kappa shape index (κ3) is 9.24. The summed E-state index contributed by atoms with van der Waals surface area (Å²) in [6.07, 6.45) is 0.797. The number of phenols is 1.